The van der Waals surface area contributed by atoms with Crippen molar-refractivity contribution in [2.75, 3.05) is 32.7 Å². The smallest absolute Gasteiger partial charge is 0.243 e. The third kappa shape index (κ3) is 10.2. The van der Waals surface area contributed by atoms with Crippen LogP contribution in [0, 0.1) is 0 Å². The van der Waals surface area contributed by atoms with Crippen LogP contribution in [0.5, 0.6) is 0 Å². The fourth-order valence-corrected chi connectivity index (χ4v) is 5.23. The van der Waals surface area contributed by atoms with E-state index in [0.29, 0.717) is 58.4 Å². The molecule has 2 saturated heterocycles. The number of carbonyl (C=O) groups excluding carboxylic acids is 4. The summed E-state index contributed by atoms with van der Waals surface area (Å²) >= 11 is 0. The topological polar surface area (TPSA) is 157 Å². The van der Waals surface area contributed by atoms with Crippen LogP contribution in [0.3, 0.4) is 0 Å². The average Bonchev–Trinajstić information content (AvgIpc) is 3.55. The molecule has 37 heavy (non-hydrogen) atoms. The molecular formula is C26H48N6O5. The summed E-state index contributed by atoms with van der Waals surface area (Å²) in [7, 11) is 0. The monoisotopic (exact) mass is 524 g/mol. The zero-order chi connectivity index (χ0) is 27.2. The molecule has 212 valence electrons. The quantitative estimate of drug-likeness (QED) is 0.181. The van der Waals surface area contributed by atoms with Crippen molar-refractivity contribution in [1.29, 1.82) is 0 Å². The minimum atomic E-state index is -0.692. The maximum Gasteiger partial charge on any atom is 0.243 e. The largest absolute Gasteiger partial charge is 0.379 e. The summed E-state index contributed by atoms with van der Waals surface area (Å²) < 4.78 is 0. The van der Waals surface area contributed by atoms with E-state index in [2.05, 4.69) is 16.0 Å². The minimum absolute atomic E-state index is 0.0822. The van der Waals surface area contributed by atoms with Crippen LogP contribution in [0.15, 0.2) is 0 Å². The lowest BCUT2D eigenvalue weighted by Gasteiger charge is -2.26. The Hall–Kier alpha value is -2.24. The summed E-state index contributed by atoms with van der Waals surface area (Å²) in [5.41, 5.74) is 5.52. The number of nitrogens with two attached hydrogens (primary N) is 1. The Morgan fingerprint density at radius 2 is 1.54 bits per heavy atom. The number of carbonyl (C=O) groups is 4. The average molecular weight is 525 g/mol. The predicted molar refractivity (Wildman–Crippen MR) is 141 cm³/mol. The molecule has 4 atom stereocenters. The molecule has 0 aliphatic carbocycles. The standard InChI is InChI=1S/C26H48N6O5/c1-19(33)31-17-9-12-22(31)25(36)29-16-8-5-11-21(24(35)28-15-7-4-3-6-14-27)30-26(37)23-13-10-18-32(23)20(2)34/h19,21-23,33H,3-18,27H2,1-2H3,(H,28,35)(H,29,36)(H,30,37). The van der Waals surface area contributed by atoms with E-state index in [9.17, 15) is 24.3 Å². The fourth-order valence-electron chi connectivity index (χ4n) is 5.23. The lowest BCUT2D eigenvalue weighted by Crippen LogP contribution is -2.53. The van der Waals surface area contributed by atoms with E-state index >= 15 is 0 Å². The van der Waals surface area contributed by atoms with E-state index in [0.717, 1.165) is 44.9 Å². The number of hydrogen-bond acceptors (Lipinski definition) is 7. The van der Waals surface area contributed by atoms with Crippen LogP contribution in [0.4, 0.5) is 0 Å². The summed E-state index contributed by atoms with van der Waals surface area (Å²) in [5, 5.41) is 18.6. The lowest BCUT2D eigenvalue weighted by molar-refractivity contribution is -0.138. The second-order valence-electron chi connectivity index (χ2n) is 10.2. The van der Waals surface area contributed by atoms with Gasteiger partial charge in [0.15, 0.2) is 0 Å². The van der Waals surface area contributed by atoms with Crippen molar-refractivity contribution in [1.82, 2.24) is 25.8 Å². The maximum atomic E-state index is 13.0. The molecule has 2 aliphatic heterocycles. The number of hydrogen-bond donors (Lipinski definition) is 5. The number of unbranched alkanes of at least 4 members (excludes halogenated alkanes) is 4. The van der Waals surface area contributed by atoms with Crippen LogP contribution in [-0.2, 0) is 19.2 Å². The van der Waals surface area contributed by atoms with E-state index in [1.165, 1.54) is 6.92 Å². The first-order valence-corrected chi connectivity index (χ1v) is 14.0. The first-order chi connectivity index (χ1) is 17.8. The van der Waals surface area contributed by atoms with Gasteiger partial charge in [-0.1, -0.05) is 12.8 Å². The van der Waals surface area contributed by atoms with Gasteiger partial charge in [-0.25, -0.2) is 0 Å². The van der Waals surface area contributed by atoms with E-state index in [4.69, 9.17) is 5.73 Å². The Balaban J connectivity index is 1.83. The van der Waals surface area contributed by atoms with Gasteiger partial charge in [0.2, 0.25) is 23.6 Å². The molecular weight excluding hydrogens is 476 g/mol. The van der Waals surface area contributed by atoms with Gasteiger partial charge in [0.1, 0.15) is 18.3 Å². The van der Waals surface area contributed by atoms with E-state index in [1.807, 2.05) is 0 Å². The highest BCUT2D eigenvalue weighted by Crippen LogP contribution is 2.20. The Morgan fingerprint density at radius 3 is 2.24 bits per heavy atom. The van der Waals surface area contributed by atoms with E-state index in [1.54, 1.807) is 16.7 Å². The first kappa shape index (κ1) is 31.0. The van der Waals surface area contributed by atoms with Gasteiger partial charge in [0.05, 0.1) is 6.04 Å². The molecule has 6 N–H and O–H groups in total. The molecule has 0 aromatic heterocycles. The number of nitrogens with zero attached hydrogens (tertiary/aromatic N) is 2. The van der Waals surface area contributed by atoms with Gasteiger partial charge in [-0.15, -0.1) is 0 Å². The summed E-state index contributed by atoms with van der Waals surface area (Å²) in [6, 6.07) is -1.54. The number of likely N-dealkylation sites (tertiary alicyclic amines) is 2. The Kier molecular flexibility index (Phi) is 13.9. The number of aliphatic hydroxyl groups is 1. The molecule has 2 heterocycles. The van der Waals surface area contributed by atoms with Crippen molar-refractivity contribution in [2.24, 2.45) is 5.73 Å². The second kappa shape index (κ2) is 16.6. The number of rotatable bonds is 16. The summed E-state index contributed by atoms with van der Waals surface area (Å²) in [4.78, 5) is 53.7. The molecule has 0 aromatic rings. The van der Waals surface area contributed by atoms with Gasteiger partial charge in [-0.2, -0.15) is 0 Å². The van der Waals surface area contributed by atoms with Crippen LogP contribution >= 0.6 is 0 Å². The van der Waals surface area contributed by atoms with Crippen molar-refractivity contribution in [3.63, 3.8) is 0 Å². The Labute approximate surface area is 221 Å². The zero-order valence-corrected chi connectivity index (χ0v) is 22.7. The predicted octanol–water partition coefficient (Wildman–Crippen LogP) is 0.207. The third-order valence-electron chi connectivity index (χ3n) is 7.32. The van der Waals surface area contributed by atoms with E-state index < -0.39 is 18.3 Å². The van der Waals surface area contributed by atoms with E-state index in [-0.39, 0.29) is 29.7 Å². The lowest BCUT2D eigenvalue weighted by atomic mass is 10.1. The van der Waals surface area contributed by atoms with Crippen molar-refractivity contribution < 1.29 is 24.3 Å². The zero-order valence-electron chi connectivity index (χ0n) is 22.7. The fraction of sp³-hybridized carbons (Fsp3) is 0.846. The minimum Gasteiger partial charge on any atom is -0.379 e. The van der Waals surface area contributed by atoms with Crippen LogP contribution in [-0.4, -0.2) is 95.6 Å². The molecule has 11 nitrogen and oxygen atoms in total. The molecule has 2 rings (SSSR count). The molecule has 0 radical (unpaired) electrons. The summed E-state index contributed by atoms with van der Waals surface area (Å²) in [6.45, 7) is 6.07. The molecule has 0 aromatic carbocycles. The van der Waals surface area contributed by atoms with Gasteiger partial charge >= 0.3 is 0 Å². The number of nitrogens with one attached hydrogen (secondary N) is 3. The van der Waals surface area contributed by atoms with Crippen LogP contribution in [0.25, 0.3) is 0 Å². The van der Waals surface area contributed by atoms with Crippen molar-refractivity contribution in [3.05, 3.63) is 0 Å². The number of amides is 4. The Morgan fingerprint density at radius 1 is 0.892 bits per heavy atom. The third-order valence-corrected chi connectivity index (χ3v) is 7.32. The molecule has 2 fully saturated rings. The van der Waals surface area contributed by atoms with Gasteiger partial charge in [0.25, 0.3) is 0 Å². The Bertz CT molecular complexity index is 749. The van der Waals surface area contributed by atoms with Crippen LogP contribution < -0.4 is 21.7 Å². The van der Waals surface area contributed by atoms with Gasteiger partial charge in [-0.05, 0) is 71.3 Å². The molecule has 11 heteroatoms. The molecule has 2 aliphatic rings. The van der Waals surface area contributed by atoms with Crippen molar-refractivity contribution >= 4 is 23.6 Å². The van der Waals surface area contributed by atoms with Crippen LogP contribution in [0.1, 0.15) is 84.5 Å². The highest BCUT2D eigenvalue weighted by atomic mass is 16.3. The first-order valence-electron chi connectivity index (χ1n) is 14.0. The second-order valence-corrected chi connectivity index (χ2v) is 10.2. The molecule has 0 spiro atoms. The molecule has 0 bridgehead atoms. The summed E-state index contributed by atoms with van der Waals surface area (Å²) in [5.74, 6) is -0.727. The molecule has 0 saturated carbocycles. The highest BCUT2D eigenvalue weighted by molar-refractivity contribution is 5.92. The normalized spacial score (nSPS) is 21.5. The van der Waals surface area contributed by atoms with Gasteiger partial charge in [-0.3, -0.25) is 24.1 Å². The summed E-state index contributed by atoms with van der Waals surface area (Å²) in [6.07, 6.45) is 7.90. The molecule has 4 unspecified atom stereocenters. The maximum absolute atomic E-state index is 13.0. The molecule has 4 amide bonds. The van der Waals surface area contributed by atoms with Gasteiger partial charge in [0, 0.05) is 33.1 Å². The van der Waals surface area contributed by atoms with Crippen molar-refractivity contribution in [3.8, 4) is 0 Å². The number of aliphatic hydroxyl groups excluding tert-OH is 1. The van der Waals surface area contributed by atoms with Gasteiger partial charge < -0.3 is 31.7 Å². The van der Waals surface area contributed by atoms with Crippen LogP contribution in [0.2, 0.25) is 0 Å². The SMILES string of the molecule is CC(=O)N1CCCC1C(=O)NC(CCCCNC(=O)C1CCCN1C(C)O)C(=O)NCCCCCCN. The highest BCUT2D eigenvalue weighted by Gasteiger charge is 2.35. The van der Waals surface area contributed by atoms with Crippen molar-refractivity contribution in [2.45, 2.75) is 109 Å².